The first-order valence-corrected chi connectivity index (χ1v) is 12.7. The smallest absolute Gasteiger partial charge is 0.224 e. The molecule has 9 heteroatoms. The number of amides is 1. The number of aromatic hydroxyl groups is 1. The lowest BCUT2D eigenvalue weighted by Gasteiger charge is -2.07. The van der Waals surface area contributed by atoms with Crippen molar-refractivity contribution in [2.45, 2.75) is 26.2 Å². The molecule has 6 aromatic rings. The second-order valence-corrected chi connectivity index (χ2v) is 9.45. The molecule has 39 heavy (non-hydrogen) atoms. The van der Waals surface area contributed by atoms with E-state index in [2.05, 4.69) is 30.5 Å². The zero-order valence-corrected chi connectivity index (χ0v) is 21.1. The number of H-pyrrole nitrogens is 2. The molecule has 4 aromatic heterocycles. The van der Waals surface area contributed by atoms with Gasteiger partial charge < -0.3 is 15.4 Å². The number of rotatable bonds is 7. The van der Waals surface area contributed by atoms with Crippen LogP contribution in [0.1, 0.15) is 26.2 Å². The van der Waals surface area contributed by atoms with E-state index in [1.165, 1.54) is 6.07 Å². The monoisotopic (exact) mass is 520 g/mol. The van der Waals surface area contributed by atoms with Crippen molar-refractivity contribution in [2.24, 2.45) is 0 Å². The van der Waals surface area contributed by atoms with E-state index in [-0.39, 0.29) is 11.7 Å². The van der Waals surface area contributed by atoms with Crippen LogP contribution in [0.4, 0.5) is 10.1 Å². The van der Waals surface area contributed by atoms with Gasteiger partial charge in [0.1, 0.15) is 17.3 Å². The molecule has 6 rings (SSSR count). The van der Waals surface area contributed by atoms with Crippen molar-refractivity contribution in [1.29, 1.82) is 0 Å². The van der Waals surface area contributed by atoms with Gasteiger partial charge in [-0.05, 0) is 53.9 Å². The summed E-state index contributed by atoms with van der Waals surface area (Å²) in [6.07, 6.45) is 7.30. The quantitative estimate of drug-likeness (QED) is 0.184. The number of benzene rings is 2. The van der Waals surface area contributed by atoms with Gasteiger partial charge in [-0.25, -0.2) is 4.39 Å². The maximum Gasteiger partial charge on any atom is 0.224 e. The van der Waals surface area contributed by atoms with Crippen LogP contribution in [0, 0.1) is 5.82 Å². The van der Waals surface area contributed by atoms with Crippen LogP contribution in [0.5, 0.6) is 5.75 Å². The third-order valence-electron chi connectivity index (χ3n) is 6.64. The van der Waals surface area contributed by atoms with Crippen molar-refractivity contribution in [1.82, 2.24) is 25.1 Å². The van der Waals surface area contributed by atoms with Gasteiger partial charge in [0.05, 0.1) is 35.0 Å². The van der Waals surface area contributed by atoms with Crippen molar-refractivity contribution in [2.75, 3.05) is 5.32 Å². The summed E-state index contributed by atoms with van der Waals surface area (Å²) in [6, 6.07) is 15.5. The van der Waals surface area contributed by atoms with Crippen molar-refractivity contribution in [3.63, 3.8) is 0 Å². The maximum absolute atomic E-state index is 14.0. The molecule has 4 heterocycles. The average Bonchev–Trinajstić information content (AvgIpc) is 3.55. The molecule has 1 amide bonds. The van der Waals surface area contributed by atoms with Gasteiger partial charge in [-0.15, -0.1) is 0 Å². The fourth-order valence-corrected chi connectivity index (χ4v) is 4.75. The summed E-state index contributed by atoms with van der Waals surface area (Å²) < 4.78 is 14.0. The number of aromatic amines is 2. The fraction of sp³-hybridized carbons (Fsp3) is 0.133. The number of nitrogens with zero attached hydrogens (tertiary/aromatic N) is 3. The van der Waals surface area contributed by atoms with Gasteiger partial charge >= 0.3 is 0 Å². The largest absolute Gasteiger partial charge is 0.508 e. The first-order valence-electron chi connectivity index (χ1n) is 12.7. The summed E-state index contributed by atoms with van der Waals surface area (Å²) in [5.74, 6) is -0.673. The Balaban J connectivity index is 1.38. The lowest BCUT2D eigenvalue weighted by atomic mass is 10.0. The maximum atomic E-state index is 14.0. The minimum atomic E-state index is -0.504. The van der Waals surface area contributed by atoms with Crippen LogP contribution >= 0.6 is 0 Å². The molecule has 0 spiro atoms. The molecular weight excluding hydrogens is 495 g/mol. The van der Waals surface area contributed by atoms with Crippen LogP contribution in [0.3, 0.4) is 0 Å². The number of unbranched alkanes of at least 4 members (excludes halogenated alkanes) is 1. The number of fused-ring (bicyclic) bond motifs is 2. The Kier molecular flexibility index (Phi) is 6.24. The van der Waals surface area contributed by atoms with Gasteiger partial charge in [0.15, 0.2) is 0 Å². The molecule has 4 N–H and O–H groups in total. The summed E-state index contributed by atoms with van der Waals surface area (Å²) in [7, 11) is 0. The number of hydrogen-bond acceptors (Lipinski definition) is 5. The normalized spacial score (nSPS) is 11.3. The third-order valence-corrected chi connectivity index (χ3v) is 6.64. The van der Waals surface area contributed by atoms with E-state index < -0.39 is 5.82 Å². The van der Waals surface area contributed by atoms with Crippen molar-refractivity contribution < 1.29 is 14.3 Å². The van der Waals surface area contributed by atoms with E-state index in [9.17, 15) is 14.3 Å². The predicted molar refractivity (Wildman–Crippen MR) is 150 cm³/mol. The number of aromatic nitrogens is 5. The Morgan fingerprint density at radius 1 is 1.00 bits per heavy atom. The van der Waals surface area contributed by atoms with Crippen LogP contribution in [-0.4, -0.2) is 36.2 Å². The van der Waals surface area contributed by atoms with Gasteiger partial charge in [-0.2, -0.15) is 5.10 Å². The molecule has 0 aliphatic rings. The van der Waals surface area contributed by atoms with Crippen LogP contribution in [0.15, 0.2) is 73.2 Å². The van der Waals surface area contributed by atoms with E-state index >= 15 is 0 Å². The molecule has 0 saturated heterocycles. The SMILES string of the molecule is CCCCC(=O)Nc1cncc(-c2cc3c(-c4cc5c(-c6cc(O)cc(F)c6)cccc5[nH]4)n[nH]c3cn2)c1. The number of phenolic OH excluding ortho intramolecular Hbond substituents is 1. The number of pyridine rings is 2. The lowest BCUT2D eigenvalue weighted by Crippen LogP contribution is -2.11. The van der Waals surface area contributed by atoms with Gasteiger partial charge in [0, 0.05) is 40.5 Å². The van der Waals surface area contributed by atoms with E-state index in [1.54, 1.807) is 24.7 Å². The summed E-state index contributed by atoms with van der Waals surface area (Å²) >= 11 is 0. The molecule has 0 fully saturated rings. The number of anilines is 1. The number of halogens is 1. The minimum absolute atomic E-state index is 0.0389. The number of phenols is 1. The lowest BCUT2D eigenvalue weighted by molar-refractivity contribution is -0.116. The molecule has 194 valence electrons. The highest BCUT2D eigenvalue weighted by Gasteiger charge is 2.16. The van der Waals surface area contributed by atoms with Gasteiger partial charge in [-0.3, -0.25) is 19.9 Å². The van der Waals surface area contributed by atoms with Crippen LogP contribution < -0.4 is 5.32 Å². The highest BCUT2D eigenvalue weighted by molar-refractivity contribution is 6.01. The van der Waals surface area contributed by atoms with E-state index in [0.717, 1.165) is 57.5 Å². The summed E-state index contributed by atoms with van der Waals surface area (Å²) in [4.78, 5) is 24.5. The average molecular weight is 521 g/mol. The number of carbonyl (C=O) groups is 1. The summed E-state index contributed by atoms with van der Waals surface area (Å²) in [5, 5.41) is 22.1. The third kappa shape index (κ3) is 4.82. The Morgan fingerprint density at radius 3 is 2.74 bits per heavy atom. The second-order valence-electron chi connectivity index (χ2n) is 9.45. The molecule has 2 aromatic carbocycles. The topological polar surface area (TPSA) is 120 Å². The zero-order chi connectivity index (χ0) is 26.9. The fourth-order valence-electron chi connectivity index (χ4n) is 4.75. The molecule has 0 aliphatic carbocycles. The van der Waals surface area contributed by atoms with Crippen LogP contribution in [0.25, 0.3) is 55.6 Å². The zero-order valence-electron chi connectivity index (χ0n) is 21.1. The highest BCUT2D eigenvalue weighted by Crippen LogP contribution is 2.36. The molecular formula is C30H25FN6O2. The first kappa shape index (κ1) is 24.3. The molecule has 0 aliphatic heterocycles. The van der Waals surface area contributed by atoms with E-state index in [1.807, 2.05) is 43.3 Å². The minimum Gasteiger partial charge on any atom is -0.508 e. The molecule has 0 saturated carbocycles. The van der Waals surface area contributed by atoms with Crippen molar-refractivity contribution in [3.8, 4) is 39.5 Å². The highest BCUT2D eigenvalue weighted by atomic mass is 19.1. The summed E-state index contributed by atoms with van der Waals surface area (Å²) in [5.41, 5.74) is 6.54. The Hall–Kier alpha value is -5.05. The first-order chi connectivity index (χ1) is 19.0. The van der Waals surface area contributed by atoms with E-state index in [0.29, 0.717) is 29.1 Å². The van der Waals surface area contributed by atoms with E-state index in [4.69, 9.17) is 0 Å². The molecule has 0 bridgehead atoms. The van der Waals surface area contributed by atoms with Gasteiger partial charge in [0.25, 0.3) is 0 Å². The second kappa shape index (κ2) is 10.0. The molecule has 0 radical (unpaired) electrons. The summed E-state index contributed by atoms with van der Waals surface area (Å²) in [6.45, 7) is 2.05. The molecule has 0 atom stereocenters. The van der Waals surface area contributed by atoms with Gasteiger partial charge in [0.2, 0.25) is 5.91 Å². The Labute approximate surface area is 223 Å². The van der Waals surface area contributed by atoms with Gasteiger partial charge in [-0.1, -0.05) is 25.5 Å². The number of carbonyl (C=O) groups excluding carboxylic acids is 1. The Bertz CT molecular complexity index is 1820. The Morgan fingerprint density at radius 2 is 1.90 bits per heavy atom. The molecule has 0 unspecified atom stereocenters. The van der Waals surface area contributed by atoms with Crippen LogP contribution in [0.2, 0.25) is 0 Å². The van der Waals surface area contributed by atoms with Crippen molar-refractivity contribution in [3.05, 3.63) is 79.0 Å². The number of hydrogen-bond donors (Lipinski definition) is 4. The molecule has 8 nitrogen and oxygen atoms in total. The predicted octanol–water partition coefficient (Wildman–Crippen LogP) is 6.81. The van der Waals surface area contributed by atoms with Crippen LogP contribution in [-0.2, 0) is 4.79 Å². The standard InChI is InChI=1S/C30H25FN6O2/c1-2-3-7-29(39)34-20-9-18(14-32-15-20)26-13-24-28(16-33-26)36-37-30(24)27-12-23-22(5-4-6-25(23)35-27)17-8-19(31)11-21(38)10-17/h4-6,8-16,35,38H,2-3,7H2,1H3,(H,34,39)(H,36,37). The number of nitrogens with one attached hydrogen (secondary N) is 3. The van der Waals surface area contributed by atoms with Crippen molar-refractivity contribution >= 4 is 33.4 Å².